The van der Waals surface area contributed by atoms with Crippen LogP contribution in [0.1, 0.15) is 17.4 Å². The second kappa shape index (κ2) is 5.30. The van der Waals surface area contributed by atoms with Crippen LogP contribution in [-0.2, 0) is 4.74 Å². The minimum Gasteiger partial charge on any atom is -0.506 e. The Bertz CT molecular complexity index is 594. The van der Waals surface area contributed by atoms with Crippen LogP contribution in [-0.4, -0.2) is 22.7 Å². The minimum absolute atomic E-state index is 0.00410. The fourth-order valence-corrected chi connectivity index (χ4v) is 1.32. The molecule has 1 aromatic carbocycles. The third-order valence-electron chi connectivity index (χ3n) is 2.21. The molecule has 3 N–H and O–H groups in total. The Balaban J connectivity index is 2.16. The lowest BCUT2D eigenvalue weighted by Crippen LogP contribution is -2.04. The number of anilines is 1. The summed E-state index contributed by atoms with van der Waals surface area (Å²) in [5, 5.41) is 9.41. The minimum atomic E-state index is -0.606. The van der Waals surface area contributed by atoms with Gasteiger partial charge >= 0.3 is 12.0 Å². The molecule has 0 saturated heterocycles. The molecule has 1 aromatic heterocycles. The number of nitrogen functional groups attached to an aromatic ring is 1. The van der Waals surface area contributed by atoms with Crippen LogP contribution in [0.15, 0.2) is 28.9 Å². The zero-order valence-electron chi connectivity index (χ0n) is 10.1. The van der Waals surface area contributed by atoms with Crippen molar-refractivity contribution in [2.24, 2.45) is 0 Å². The lowest BCUT2D eigenvalue weighted by molar-refractivity contribution is 0.0519. The van der Waals surface area contributed by atoms with Crippen LogP contribution in [0, 0.1) is 0 Å². The molecule has 0 radical (unpaired) electrons. The Hall–Kier alpha value is -2.70. The maximum Gasteiger partial charge on any atom is 0.399 e. The second-order valence-electron chi connectivity index (χ2n) is 3.51. The second-order valence-corrected chi connectivity index (χ2v) is 3.51. The molecular weight excluding hydrogens is 252 g/mol. The number of carbonyl (C=O) groups is 1. The Morgan fingerprint density at radius 3 is 3.05 bits per heavy atom. The number of oxazole rings is 1. The first-order chi connectivity index (χ1) is 9.11. The van der Waals surface area contributed by atoms with E-state index in [1.807, 2.05) is 0 Å². The molecule has 19 heavy (non-hydrogen) atoms. The van der Waals surface area contributed by atoms with Gasteiger partial charge in [0.1, 0.15) is 17.7 Å². The van der Waals surface area contributed by atoms with Gasteiger partial charge in [0.2, 0.25) is 0 Å². The summed E-state index contributed by atoms with van der Waals surface area (Å²) in [6.07, 6.45) is 0.951. The number of nitrogens with two attached hydrogens (primary N) is 1. The van der Waals surface area contributed by atoms with Crippen LogP contribution in [0.3, 0.4) is 0 Å². The third-order valence-corrected chi connectivity index (χ3v) is 2.21. The number of carbonyl (C=O) groups excluding carboxylic acids is 1. The number of esters is 1. The number of hydrogen-bond donors (Lipinski definition) is 2. The van der Waals surface area contributed by atoms with Gasteiger partial charge in [0.05, 0.1) is 6.61 Å². The smallest absolute Gasteiger partial charge is 0.399 e. The molecule has 0 atom stereocenters. The first kappa shape index (κ1) is 12.7. The van der Waals surface area contributed by atoms with E-state index in [9.17, 15) is 9.90 Å². The third kappa shape index (κ3) is 2.76. The lowest BCUT2D eigenvalue weighted by atomic mass is 10.3. The van der Waals surface area contributed by atoms with E-state index >= 15 is 0 Å². The normalized spacial score (nSPS) is 10.2. The molecule has 0 unspecified atom stereocenters. The number of para-hydroxylation sites is 1. The Labute approximate surface area is 108 Å². The zero-order chi connectivity index (χ0) is 13.8. The molecule has 0 saturated carbocycles. The molecule has 0 aliphatic rings. The quantitative estimate of drug-likeness (QED) is 0.493. The highest BCUT2D eigenvalue weighted by Gasteiger charge is 2.15. The van der Waals surface area contributed by atoms with Crippen LogP contribution < -0.4 is 10.5 Å². The largest absolute Gasteiger partial charge is 0.506 e. The molecule has 0 amide bonds. The van der Waals surface area contributed by atoms with Gasteiger partial charge in [-0.15, -0.1) is 0 Å². The van der Waals surface area contributed by atoms with Crippen molar-refractivity contribution in [1.82, 2.24) is 4.98 Å². The van der Waals surface area contributed by atoms with Crippen molar-refractivity contribution in [2.75, 3.05) is 12.3 Å². The Kier molecular flexibility index (Phi) is 3.56. The number of ether oxygens (including phenoxy) is 2. The molecule has 7 heteroatoms. The van der Waals surface area contributed by atoms with Gasteiger partial charge in [-0.1, -0.05) is 6.07 Å². The highest BCUT2D eigenvalue weighted by Crippen LogP contribution is 2.33. The summed E-state index contributed by atoms with van der Waals surface area (Å²) in [5.41, 5.74) is 5.66. The maximum atomic E-state index is 11.4. The standard InChI is InChI=1S/C12H12N2O5/c1-2-17-11(16)7-6-18-12(14-7)19-9-5-3-4-8(15)10(9)13/h3-6,15H,2,13H2,1H3. The van der Waals surface area contributed by atoms with Crippen LogP contribution >= 0.6 is 0 Å². The van der Waals surface area contributed by atoms with E-state index in [1.165, 1.54) is 12.1 Å². The van der Waals surface area contributed by atoms with Crippen LogP contribution in [0.2, 0.25) is 0 Å². The monoisotopic (exact) mass is 264 g/mol. The number of aromatic nitrogens is 1. The Morgan fingerprint density at radius 1 is 1.53 bits per heavy atom. The van der Waals surface area contributed by atoms with E-state index in [-0.39, 0.29) is 35.6 Å². The summed E-state index contributed by atoms with van der Waals surface area (Å²) in [6, 6.07) is 4.50. The van der Waals surface area contributed by atoms with Gasteiger partial charge in [0, 0.05) is 0 Å². The highest BCUT2D eigenvalue weighted by atomic mass is 16.6. The van der Waals surface area contributed by atoms with E-state index in [0.717, 1.165) is 6.26 Å². The summed E-state index contributed by atoms with van der Waals surface area (Å²) in [4.78, 5) is 15.2. The first-order valence-corrected chi connectivity index (χ1v) is 5.49. The average molecular weight is 264 g/mol. The number of nitrogens with zero attached hydrogens (tertiary/aromatic N) is 1. The summed E-state index contributed by atoms with van der Waals surface area (Å²) in [6.45, 7) is 1.92. The van der Waals surface area contributed by atoms with Crippen molar-refractivity contribution >= 4 is 11.7 Å². The number of rotatable bonds is 4. The number of benzene rings is 1. The van der Waals surface area contributed by atoms with Crippen molar-refractivity contribution in [3.63, 3.8) is 0 Å². The van der Waals surface area contributed by atoms with Crippen LogP contribution in [0.4, 0.5) is 5.69 Å². The van der Waals surface area contributed by atoms with E-state index in [4.69, 9.17) is 19.6 Å². The SMILES string of the molecule is CCOC(=O)c1coc(Oc2cccc(O)c2N)n1. The molecule has 0 bridgehead atoms. The zero-order valence-corrected chi connectivity index (χ0v) is 10.1. The summed E-state index contributed by atoms with van der Waals surface area (Å²) in [7, 11) is 0. The van der Waals surface area contributed by atoms with E-state index in [2.05, 4.69) is 4.98 Å². The van der Waals surface area contributed by atoms with Gasteiger partial charge < -0.3 is 24.7 Å². The van der Waals surface area contributed by atoms with Crippen molar-refractivity contribution in [2.45, 2.75) is 6.92 Å². The van der Waals surface area contributed by atoms with E-state index in [1.54, 1.807) is 13.0 Å². The molecule has 100 valence electrons. The molecule has 0 aliphatic carbocycles. The molecule has 7 nitrogen and oxygen atoms in total. The first-order valence-electron chi connectivity index (χ1n) is 5.49. The van der Waals surface area contributed by atoms with Crippen molar-refractivity contribution < 1.29 is 23.8 Å². The van der Waals surface area contributed by atoms with Gasteiger partial charge in [-0.25, -0.2) is 4.79 Å². The van der Waals surface area contributed by atoms with Crippen LogP contribution in [0.5, 0.6) is 17.6 Å². The fourth-order valence-electron chi connectivity index (χ4n) is 1.32. The summed E-state index contributed by atoms with van der Waals surface area (Å²) >= 11 is 0. The number of hydrogen-bond acceptors (Lipinski definition) is 7. The number of phenolic OH excluding ortho intramolecular Hbond substituents is 1. The van der Waals surface area contributed by atoms with Gasteiger partial charge in [-0.05, 0) is 19.1 Å². The topological polar surface area (TPSA) is 108 Å². The molecule has 2 aromatic rings. The summed E-state index contributed by atoms with van der Waals surface area (Å²) in [5.74, 6) is -0.545. The molecular formula is C12H12N2O5. The van der Waals surface area contributed by atoms with Gasteiger partial charge in [0.25, 0.3) is 0 Å². The number of aromatic hydroxyl groups is 1. The molecule has 0 spiro atoms. The van der Waals surface area contributed by atoms with E-state index < -0.39 is 5.97 Å². The van der Waals surface area contributed by atoms with Crippen molar-refractivity contribution in [1.29, 1.82) is 0 Å². The highest BCUT2D eigenvalue weighted by molar-refractivity contribution is 5.86. The molecule has 1 heterocycles. The van der Waals surface area contributed by atoms with Gasteiger partial charge in [-0.2, -0.15) is 4.98 Å². The summed E-state index contributed by atoms with van der Waals surface area (Å²) < 4.78 is 14.9. The molecule has 0 fully saturated rings. The maximum absolute atomic E-state index is 11.4. The van der Waals surface area contributed by atoms with Crippen molar-refractivity contribution in [3.05, 3.63) is 30.2 Å². The van der Waals surface area contributed by atoms with E-state index in [0.29, 0.717) is 0 Å². The van der Waals surface area contributed by atoms with Gasteiger partial charge in [-0.3, -0.25) is 0 Å². The van der Waals surface area contributed by atoms with Crippen molar-refractivity contribution in [3.8, 4) is 17.6 Å². The average Bonchev–Trinajstić information content (AvgIpc) is 2.84. The molecule has 0 aliphatic heterocycles. The molecule has 2 rings (SSSR count). The Morgan fingerprint density at radius 2 is 2.32 bits per heavy atom. The number of phenols is 1. The van der Waals surface area contributed by atoms with Crippen LogP contribution in [0.25, 0.3) is 0 Å². The van der Waals surface area contributed by atoms with Gasteiger partial charge in [0.15, 0.2) is 11.4 Å². The lowest BCUT2D eigenvalue weighted by Gasteiger charge is -2.05. The predicted octanol–water partition coefficient (Wildman–Crippen LogP) is 1.93. The fraction of sp³-hybridized carbons (Fsp3) is 0.167. The predicted molar refractivity (Wildman–Crippen MR) is 65.1 cm³/mol.